The minimum atomic E-state index is -3.41. The van der Waals surface area contributed by atoms with Crippen LogP contribution >= 0.6 is 0 Å². The number of nitrogen functional groups attached to an aromatic ring is 1. The molecule has 1 atom stereocenters. The van der Waals surface area contributed by atoms with Crippen molar-refractivity contribution in [2.45, 2.75) is 4.90 Å². The van der Waals surface area contributed by atoms with Crippen LogP contribution in [0.4, 0.5) is 11.6 Å². The van der Waals surface area contributed by atoms with E-state index >= 15 is 0 Å². The van der Waals surface area contributed by atoms with Gasteiger partial charge in [0.1, 0.15) is 0 Å². The summed E-state index contributed by atoms with van der Waals surface area (Å²) < 4.78 is 24.2. The number of nitrogens with zero attached hydrogens (tertiary/aromatic N) is 2. The second kappa shape index (κ2) is 6.08. The molecule has 2 aromatic rings. The molecule has 8 heteroatoms. The molecule has 0 bridgehead atoms. The summed E-state index contributed by atoms with van der Waals surface area (Å²) >= 11 is 0. The van der Waals surface area contributed by atoms with Crippen molar-refractivity contribution in [3.05, 3.63) is 42.7 Å². The number of anilines is 2. The predicted molar refractivity (Wildman–Crippen MR) is 65.5 cm³/mol. The largest absolute Gasteiger partial charge is 0.399 e. The fourth-order valence-corrected chi connectivity index (χ4v) is 2.16. The number of rotatable bonds is 3. The maximum atomic E-state index is 12.0. The number of benzene rings is 1. The normalized spacial score (nSPS) is 13.2. The molecular formula is C10H11AgN4O2S+. The van der Waals surface area contributed by atoms with E-state index in [9.17, 15) is 8.76 Å². The average Bonchev–Trinajstić information content (AvgIpc) is 2.30. The molecule has 0 saturated heterocycles. The summed E-state index contributed by atoms with van der Waals surface area (Å²) in [7, 11) is -3.41. The fraction of sp³-hybridized carbons (Fsp3) is 0. The van der Waals surface area contributed by atoms with Gasteiger partial charge in [0.25, 0.3) is 5.95 Å². The van der Waals surface area contributed by atoms with Crippen LogP contribution in [0.5, 0.6) is 0 Å². The average molecular weight is 359 g/mol. The molecule has 0 amide bonds. The van der Waals surface area contributed by atoms with Crippen LogP contribution in [0.2, 0.25) is 0 Å². The van der Waals surface area contributed by atoms with Crippen LogP contribution in [-0.4, -0.2) is 14.5 Å². The number of hydrogen-bond acceptors (Lipinski definition) is 4. The van der Waals surface area contributed by atoms with Gasteiger partial charge in [0, 0.05) is 52.6 Å². The molecule has 4 N–H and O–H groups in total. The van der Waals surface area contributed by atoms with Crippen LogP contribution < -0.4 is 10.5 Å². The Bertz CT molecular complexity index is 550. The van der Waals surface area contributed by atoms with Gasteiger partial charge in [-0.05, 0) is 22.4 Å². The third-order valence-electron chi connectivity index (χ3n) is 1.99. The van der Waals surface area contributed by atoms with Gasteiger partial charge in [-0.3, -0.25) is 0 Å². The monoisotopic (exact) mass is 358 g/mol. The molecule has 1 aromatic heterocycles. The van der Waals surface area contributed by atoms with Crippen molar-refractivity contribution in [2.24, 2.45) is 0 Å². The molecule has 18 heavy (non-hydrogen) atoms. The maximum absolute atomic E-state index is 12.0. The van der Waals surface area contributed by atoms with Crippen molar-refractivity contribution in [1.82, 2.24) is 9.97 Å². The van der Waals surface area contributed by atoms with Crippen molar-refractivity contribution < 1.29 is 31.1 Å². The van der Waals surface area contributed by atoms with Crippen LogP contribution in [0.3, 0.4) is 0 Å². The Labute approximate surface area is 121 Å². The topological polar surface area (TPSA) is 101 Å². The van der Waals surface area contributed by atoms with E-state index in [1.54, 1.807) is 18.2 Å². The second-order valence-electron chi connectivity index (χ2n) is 3.27. The Morgan fingerprint density at radius 1 is 1.17 bits per heavy atom. The molecule has 1 heterocycles. The van der Waals surface area contributed by atoms with Crippen molar-refractivity contribution >= 4 is 22.0 Å². The second-order valence-corrected chi connectivity index (χ2v) is 5.00. The van der Waals surface area contributed by atoms with Crippen LogP contribution in [0.25, 0.3) is 0 Å². The minimum absolute atomic E-state index is 0. The first-order valence-electron chi connectivity index (χ1n) is 4.75. The zero-order chi connectivity index (χ0) is 12.3. The number of hydrogen-bond donors (Lipinski definition) is 3. The molecule has 1 aromatic carbocycles. The molecule has 99 valence electrons. The van der Waals surface area contributed by atoms with Crippen LogP contribution in [-0.2, 0) is 37.0 Å². The van der Waals surface area contributed by atoms with Crippen molar-refractivity contribution in [2.75, 3.05) is 10.5 Å². The molecule has 0 spiro atoms. The molecule has 2 rings (SSSR count). The van der Waals surface area contributed by atoms with Gasteiger partial charge in [-0.2, -0.15) is 4.55 Å². The smallest absolute Gasteiger partial charge is 0.349 e. The summed E-state index contributed by atoms with van der Waals surface area (Å²) in [6, 6.07) is 7.69. The van der Waals surface area contributed by atoms with Crippen molar-refractivity contribution in [3.63, 3.8) is 0 Å². The number of aromatic nitrogens is 2. The zero-order valence-corrected chi connectivity index (χ0v) is 11.4. The van der Waals surface area contributed by atoms with Crippen LogP contribution in [0.1, 0.15) is 0 Å². The van der Waals surface area contributed by atoms with Gasteiger partial charge in [0.15, 0.2) is 0 Å². The quantitative estimate of drug-likeness (QED) is 0.437. The Hall–Kier alpha value is -1.25. The summed E-state index contributed by atoms with van der Waals surface area (Å²) in [4.78, 5) is 7.86. The van der Waals surface area contributed by atoms with E-state index in [-0.39, 0.29) is 33.2 Å². The van der Waals surface area contributed by atoms with E-state index in [1.165, 1.54) is 24.5 Å². The molecule has 0 aliphatic heterocycles. The first kappa shape index (κ1) is 14.8. The molecule has 0 aliphatic rings. The molecule has 1 unspecified atom stereocenters. The van der Waals surface area contributed by atoms with Gasteiger partial charge < -0.3 is 5.73 Å². The van der Waals surface area contributed by atoms with E-state index in [0.717, 1.165) is 0 Å². The summed E-state index contributed by atoms with van der Waals surface area (Å²) in [5.41, 5.74) is 6.03. The third-order valence-corrected chi connectivity index (χ3v) is 3.37. The number of nitrogens with two attached hydrogens (primary N) is 1. The Morgan fingerprint density at radius 3 is 2.28 bits per heavy atom. The molecule has 0 aliphatic carbocycles. The van der Waals surface area contributed by atoms with Gasteiger partial charge in [-0.25, -0.2) is 9.97 Å². The third kappa shape index (κ3) is 3.62. The van der Waals surface area contributed by atoms with E-state index in [0.29, 0.717) is 5.69 Å². The molecular weight excluding hydrogens is 348 g/mol. The van der Waals surface area contributed by atoms with Crippen LogP contribution in [0.15, 0.2) is 47.6 Å². The predicted octanol–water partition coefficient (Wildman–Crippen LogP) is 1.41. The Kier molecular flexibility index (Phi) is 5.00. The molecule has 6 nitrogen and oxygen atoms in total. The number of nitrogens with one attached hydrogen (secondary N) is 1. The van der Waals surface area contributed by atoms with Crippen molar-refractivity contribution in [3.8, 4) is 0 Å². The Morgan fingerprint density at radius 2 is 1.72 bits per heavy atom. The van der Waals surface area contributed by atoms with Gasteiger partial charge in [-0.15, -0.1) is 4.72 Å². The molecule has 1 radical (unpaired) electrons. The standard InChI is InChI=1S/C10H10N4O2S.Ag/c11-8-2-4-9(5-3-8)17(15,16)14-10-12-6-1-7-13-10;/h1-7H,11H2,(H-,12,13,14,15,16);/p+1. The molecule has 0 saturated carbocycles. The first-order chi connectivity index (χ1) is 8.08. The Balaban J connectivity index is 0.00000162. The van der Waals surface area contributed by atoms with Gasteiger partial charge in [0.05, 0.1) is 0 Å². The van der Waals surface area contributed by atoms with Gasteiger partial charge in [-0.1, -0.05) is 0 Å². The zero-order valence-electron chi connectivity index (χ0n) is 9.08. The fourth-order valence-electron chi connectivity index (χ4n) is 1.19. The SMILES string of the molecule is Nc1ccc([S+](=O)(O)Nc2ncccn2)cc1.[Ag]. The van der Waals surface area contributed by atoms with E-state index in [4.69, 9.17) is 5.73 Å². The van der Waals surface area contributed by atoms with Crippen LogP contribution in [0, 0.1) is 0 Å². The summed E-state index contributed by atoms with van der Waals surface area (Å²) in [6.45, 7) is 0. The van der Waals surface area contributed by atoms with Crippen molar-refractivity contribution in [1.29, 1.82) is 0 Å². The summed E-state index contributed by atoms with van der Waals surface area (Å²) in [6.07, 6.45) is 2.96. The first-order valence-corrected chi connectivity index (χ1v) is 6.26. The maximum Gasteiger partial charge on any atom is 0.349 e. The summed E-state index contributed by atoms with van der Waals surface area (Å²) in [5.74, 6) is 0.0943. The van der Waals surface area contributed by atoms with Gasteiger partial charge >= 0.3 is 10.4 Å². The summed E-state index contributed by atoms with van der Waals surface area (Å²) in [5, 5.41) is 0. The van der Waals surface area contributed by atoms with E-state index in [2.05, 4.69) is 14.7 Å². The van der Waals surface area contributed by atoms with Gasteiger partial charge in [0.2, 0.25) is 4.90 Å². The van der Waals surface area contributed by atoms with E-state index < -0.39 is 10.4 Å². The minimum Gasteiger partial charge on any atom is -0.399 e. The van der Waals surface area contributed by atoms with E-state index in [1.807, 2.05) is 0 Å². The molecule has 0 fully saturated rings.